The molecule has 5 rings (SSSR count). The Kier molecular flexibility index (Phi) is 5.99. The molecule has 3 heterocycles. The number of nitrogens with zero attached hydrogens (tertiary/aromatic N) is 4. The number of anilines is 2. The first-order chi connectivity index (χ1) is 16.6. The number of pyridine rings is 1. The maximum absolute atomic E-state index is 11.5. The molecule has 0 fully saturated rings. The molecule has 1 N–H and O–H groups in total. The lowest BCUT2D eigenvalue weighted by Crippen LogP contribution is -2.17. The topological polar surface area (TPSA) is 80.5 Å². The highest BCUT2D eigenvalue weighted by atomic mass is 16.5. The zero-order valence-corrected chi connectivity index (χ0v) is 19.0. The van der Waals surface area contributed by atoms with Gasteiger partial charge in [0.1, 0.15) is 5.75 Å². The molecule has 0 bridgehead atoms. The fraction of sp³-hybridized carbons (Fsp3) is 0.222. The minimum atomic E-state index is -0.907. The molecule has 0 saturated heterocycles. The first kappa shape index (κ1) is 21.7. The van der Waals surface area contributed by atoms with Crippen molar-refractivity contribution in [2.24, 2.45) is 0 Å². The molecule has 0 radical (unpaired) electrons. The summed E-state index contributed by atoms with van der Waals surface area (Å²) in [6, 6.07) is 16.3. The van der Waals surface area contributed by atoms with E-state index in [1.807, 2.05) is 17.8 Å². The molecule has 7 heteroatoms. The predicted molar refractivity (Wildman–Crippen MR) is 130 cm³/mol. The van der Waals surface area contributed by atoms with Crippen LogP contribution in [0.15, 0.2) is 79.6 Å². The van der Waals surface area contributed by atoms with Crippen LogP contribution in [0.3, 0.4) is 0 Å². The van der Waals surface area contributed by atoms with Gasteiger partial charge in [0.15, 0.2) is 0 Å². The molecule has 7 nitrogen and oxygen atoms in total. The van der Waals surface area contributed by atoms with Gasteiger partial charge in [0.25, 0.3) is 0 Å². The smallest absolute Gasteiger partial charge is 0.336 e. The lowest BCUT2D eigenvalue weighted by molar-refractivity contribution is 0.0695. The zero-order chi connectivity index (χ0) is 23.5. The summed E-state index contributed by atoms with van der Waals surface area (Å²) in [6.07, 6.45) is 11.1. The molecule has 34 heavy (non-hydrogen) atoms. The molecular weight excluding hydrogens is 428 g/mol. The Balaban J connectivity index is 1.32. The SMILES string of the molecule is CN(c1ccc(-n2ccnc2)cc1)c1ccc2c(c1)OCC[C@H]2CCc1cnccc1C(=O)O. The Bertz CT molecular complexity index is 1290. The van der Waals surface area contributed by atoms with Crippen LogP contribution in [-0.2, 0) is 6.42 Å². The predicted octanol–water partition coefficient (Wildman–Crippen LogP) is 5.23. The van der Waals surface area contributed by atoms with E-state index in [0.717, 1.165) is 41.2 Å². The van der Waals surface area contributed by atoms with Crippen molar-refractivity contribution in [2.75, 3.05) is 18.6 Å². The van der Waals surface area contributed by atoms with Crippen molar-refractivity contribution in [3.8, 4) is 11.4 Å². The Hall–Kier alpha value is -4.13. The normalized spacial score (nSPS) is 14.8. The van der Waals surface area contributed by atoms with E-state index in [1.54, 1.807) is 24.8 Å². The van der Waals surface area contributed by atoms with E-state index in [0.29, 0.717) is 24.5 Å². The van der Waals surface area contributed by atoms with Gasteiger partial charge < -0.3 is 19.3 Å². The van der Waals surface area contributed by atoms with Gasteiger partial charge in [-0.3, -0.25) is 4.98 Å². The van der Waals surface area contributed by atoms with Crippen LogP contribution >= 0.6 is 0 Å². The van der Waals surface area contributed by atoms with E-state index < -0.39 is 5.97 Å². The second-order valence-corrected chi connectivity index (χ2v) is 8.48. The van der Waals surface area contributed by atoms with Gasteiger partial charge in [-0.25, -0.2) is 9.78 Å². The van der Waals surface area contributed by atoms with Crippen molar-refractivity contribution in [1.29, 1.82) is 0 Å². The zero-order valence-electron chi connectivity index (χ0n) is 19.0. The number of carbonyl (C=O) groups is 1. The van der Waals surface area contributed by atoms with Gasteiger partial charge in [-0.1, -0.05) is 6.07 Å². The number of aromatic nitrogens is 3. The van der Waals surface area contributed by atoms with E-state index >= 15 is 0 Å². The summed E-state index contributed by atoms with van der Waals surface area (Å²) in [6.45, 7) is 0.656. The van der Waals surface area contributed by atoms with Gasteiger partial charge >= 0.3 is 5.97 Å². The van der Waals surface area contributed by atoms with Crippen molar-refractivity contribution in [3.63, 3.8) is 0 Å². The molecule has 0 amide bonds. The summed E-state index contributed by atoms with van der Waals surface area (Å²) < 4.78 is 7.99. The first-order valence-corrected chi connectivity index (χ1v) is 11.3. The van der Waals surface area contributed by atoms with Crippen molar-refractivity contribution in [2.45, 2.75) is 25.2 Å². The maximum Gasteiger partial charge on any atom is 0.336 e. The number of fused-ring (bicyclic) bond motifs is 1. The average molecular weight is 455 g/mol. The molecule has 2 aromatic heterocycles. The van der Waals surface area contributed by atoms with Gasteiger partial charge in [0.2, 0.25) is 0 Å². The van der Waals surface area contributed by atoms with Crippen molar-refractivity contribution < 1.29 is 14.6 Å². The molecular formula is C27H26N4O3. The van der Waals surface area contributed by atoms with Crippen molar-refractivity contribution in [3.05, 3.63) is 96.3 Å². The van der Waals surface area contributed by atoms with Crippen LogP contribution in [0.4, 0.5) is 11.4 Å². The standard InChI is InChI=1S/C27H26N4O3/c1-30(21-4-6-22(7-5-21)31-14-13-29-18-31)23-8-9-24-19(11-15-34-26(24)16-23)2-3-20-17-28-12-10-25(20)27(32)33/h4-10,12-14,16-19H,2-3,11,15H2,1H3,(H,32,33)/t19-/m1/s1. The molecule has 0 saturated carbocycles. The van der Waals surface area contributed by atoms with Crippen LogP contribution in [0, 0.1) is 0 Å². The molecule has 0 aliphatic carbocycles. The highest BCUT2D eigenvalue weighted by Gasteiger charge is 2.23. The first-order valence-electron chi connectivity index (χ1n) is 11.3. The van der Waals surface area contributed by atoms with Gasteiger partial charge in [0, 0.05) is 55.0 Å². The lowest BCUT2D eigenvalue weighted by Gasteiger charge is -2.28. The quantitative estimate of drug-likeness (QED) is 0.412. The Morgan fingerprint density at radius 3 is 2.71 bits per heavy atom. The van der Waals surface area contributed by atoms with E-state index in [-0.39, 0.29) is 0 Å². The number of rotatable bonds is 7. The number of hydrogen-bond donors (Lipinski definition) is 1. The van der Waals surface area contributed by atoms with Gasteiger partial charge in [-0.15, -0.1) is 0 Å². The molecule has 0 spiro atoms. The molecule has 2 aromatic carbocycles. The third-order valence-corrected chi connectivity index (χ3v) is 6.48. The van der Waals surface area contributed by atoms with E-state index in [9.17, 15) is 9.90 Å². The van der Waals surface area contributed by atoms with Crippen LogP contribution in [0.1, 0.15) is 40.2 Å². The second kappa shape index (κ2) is 9.39. The summed E-state index contributed by atoms with van der Waals surface area (Å²) in [7, 11) is 2.05. The van der Waals surface area contributed by atoms with E-state index in [1.165, 1.54) is 11.8 Å². The lowest BCUT2D eigenvalue weighted by atomic mass is 9.87. The number of carboxylic acid groups (broad SMARTS) is 1. The number of imidazole rings is 1. The summed E-state index contributed by atoms with van der Waals surface area (Å²) in [4.78, 5) is 21.9. The van der Waals surface area contributed by atoms with E-state index in [2.05, 4.69) is 57.3 Å². The third-order valence-electron chi connectivity index (χ3n) is 6.48. The molecule has 172 valence electrons. The minimum absolute atomic E-state index is 0.319. The van der Waals surface area contributed by atoms with Crippen LogP contribution in [0.25, 0.3) is 5.69 Å². The fourth-order valence-electron chi connectivity index (χ4n) is 4.53. The largest absolute Gasteiger partial charge is 0.493 e. The Morgan fingerprint density at radius 1 is 1.12 bits per heavy atom. The molecule has 1 atom stereocenters. The fourth-order valence-corrected chi connectivity index (χ4v) is 4.53. The highest BCUT2D eigenvalue weighted by molar-refractivity contribution is 5.89. The molecule has 4 aromatic rings. The summed E-state index contributed by atoms with van der Waals surface area (Å²) in [5.41, 5.74) is 5.48. The average Bonchev–Trinajstić information content (AvgIpc) is 3.42. The second-order valence-electron chi connectivity index (χ2n) is 8.48. The number of aryl methyl sites for hydroxylation is 1. The molecule has 0 unspecified atom stereocenters. The summed E-state index contributed by atoms with van der Waals surface area (Å²) in [5, 5.41) is 9.44. The molecule has 1 aliphatic rings. The Morgan fingerprint density at radius 2 is 1.94 bits per heavy atom. The van der Waals surface area contributed by atoms with E-state index in [4.69, 9.17) is 4.74 Å². The molecule has 1 aliphatic heterocycles. The number of carboxylic acids is 1. The monoisotopic (exact) mass is 454 g/mol. The number of benzene rings is 2. The minimum Gasteiger partial charge on any atom is -0.493 e. The van der Waals surface area contributed by atoms with Crippen molar-refractivity contribution in [1.82, 2.24) is 14.5 Å². The van der Waals surface area contributed by atoms with Crippen LogP contribution in [0.2, 0.25) is 0 Å². The van der Waals surface area contributed by atoms with Crippen molar-refractivity contribution >= 4 is 17.3 Å². The number of aromatic carboxylic acids is 1. The van der Waals surface area contributed by atoms with Gasteiger partial charge in [-0.2, -0.15) is 0 Å². The summed E-state index contributed by atoms with van der Waals surface area (Å²) >= 11 is 0. The Labute approximate surface area is 198 Å². The number of hydrogen-bond acceptors (Lipinski definition) is 5. The van der Waals surface area contributed by atoms with Crippen LogP contribution in [0.5, 0.6) is 5.75 Å². The van der Waals surface area contributed by atoms with Gasteiger partial charge in [0.05, 0.1) is 18.5 Å². The van der Waals surface area contributed by atoms with Gasteiger partial charge in [-0.05, 0) is 72.7 Å². The highest BCUT2D eigenvalue weighted by Crippen LogP contribution is 2.39. The third kappa shape index (κ3) is 4.37. The summed E-state index contributed by atoms with van der Waals surface area (Å²) in [5.74, 6) is 0.315. The maximum atomic E-state index is 11.5. The van der Waals surface area contributed by atoms with Crippen LogP contribution < -0.4 is 9.64 Å². The number of ether oxygens (including phenoxy) is 1. The van der Waals surface area contributed by atoms with Crippen LogP contribution in [-0.4, -0.2) is 39.3 Å².